The second-order valence-corrected chi connectivity index (χ2v) is 11.5. The number of piperidine rings is 1. The number of pyridine rings is 1. The molecule has 0 unspecified atom stereocenters. The summed E-state index contributed by atoms with van der Waals surface area (Å²) in [6.07, 6.45) is 3.33. The van der Waals surface area contributed by atoms with Crippen LogP contribution in [0.2, 0.25) is 0 Å². The average Bonchev–Trinajstić information content (AvgIpc) is 3.19. The summed E-state index contributed by atoms with van der Waals surface area (Å²) in [5, 5.41) is 3.92. The molecule has 2 aliphatic heterocycles. The summed E-state index contributed by atoms with van der Waals surface area (Å²) in [4.78, 5) is 8.06. The third-order valence-corrected chi connectivity index (χ3v) is 10.2. The van der Waals surface area contributed by atoms with E-state index in [0.29, 0.717) is 6.04 Å². The molecular formula is C31H30N2O. The van der Waals surface area contributed by atoms with Gasteiger partial charge < -0.3 is 9.64 Å². The molecule has 0 saturated carbocycles. The van der Waals surface area contributed by atoms with Gasteiger partial charge in [0, 0.05) is 22.4 Å². The summed E-state index contributed by atoms with van der Waals surface area (Å²) in [5.41, 5.74) is 9.56. The molecule has 3 heteroatoms. The Morgan fingerprint density at radius 1 is 1.06 bits per heavy atom. The normalized spacial score (nSPS) is 30.8. The maximum Gasteiger partial charge on any atom is 0.151 e. The van der Waals surface area contributed by atoms with Crippen molar-refractivity contribution in [2.75, 3.05) is 13.6 Å². The van der Waals surface area contributed by atoms with Gasteiger partial charge in [0.25, 0.3) is 0 Å². The van der Waals surface area contributed by atoms with Crippen LogP contribution in [0, 0.1) is 19.3 Å². The highest BCUT2D eigenvalue weighted by Gasteiger charge is 2.70. The molecule has 1 saturated heterocycles. The maximum absolute atomic E-state index is 7.05. The minimum absolute atomic E-state index is 0.00201. The monoisotopic (exact) mass is 446 g/mol. The molecule has 1 aromatic heterocycles. The topological polar surface area (TPSA) is 25.4 Å². The van der Waals surface area contributed by atoms with Gasteiger partial charge in [-0.15, -0.1) is 0 Å². The summed E-state index contributed by atoms with van der Waals surface area (Å²) in [5.74, 6) is 1.16. The van der Waals surface area contributed by atoms with Crippen LogP contribution in [0.1, 0.15) is 53.0 Å². The molecule has 4 aromatic rings. The lowest BCUT2D eigenvalue weighted by atomic mass is 9.44. The lowest BCUT2D eigenvalue weighted by Crippen LogP contribution is -2.68. The molecule has 2 aliphatic carbocycles. The molecule has 0 radical (unpaired) electrons. The van der Waals surface area contributed by atoms with Crippen molar-refractivity contribution in [1.82, 2.24) is 9.88 Å². The SMILES string of the molecule is Cc1ccc2c3c1O[C@H]1c4nc5ccc6ccccc6c5c(C)c4C[C@@]4(C)[C@H](C2)N(C)CC[C@]314. The summed E-state index contributed by atoms with van der Waals surface area (Å²) in [6.45, 7) is 8.24. The van der Waals surface area contributed by atoms with Gasteiger partial charge in [-0.05, 0) is 85.8 Å². The Kier molecular flexibility index (Phi) is 3.43. The van der Waals surface area contributed by atoms with E-state index in [1.54, 1.807) is 0 Å². The fraction of sp³-hybridized carbons (Fsp3) is 0.387. The average molecular weight is 447 g/mol. The van der Waals surface area contributed by atoms with E-state index in [9.17, 15) is 0 Å². The smallest absolute Gasteiger partial charge is 0.151 e. The van der Waals surface area contributed by atoms with E-state index in [1.165, 1.54) is 49.7 Å². The number of benzene rings is 3. The Balaban J connectivity index is 1.49. The Morgan fingerprint density at radius 2 is 1.91 bits per heavy atom. The highest BCUT2D eigenvalue weighted by molar-refractivity contribution is 6.08. The number of likely N-dealkylation sites (tertiary alicyclic amines) is 1. The van der Waals surface area contributed by atoms with E-state index in [-0.39, 0.29) is 16.9 Å². The first-order valence-electron chi connectivity index (χ1n) is 12.7. The molecule has 4 atom stereocenters. The summed E-state index contributed by atoms with van der Waals surface area (Å²) in [6, 6.07) is 18.4. The Labute approximate surface area is 200 Å². The van der Waals surface area contributed by atoms with Gasteiger partial charge in [0.2, 0.25) is 0 Å². The van der Waals surface area contributed by atoms with Gasteiger partial charge in [-0.1, -0.05) is 49.4 Å². The zero-order valence-corrected chi connectivity index (χ0v) is 20.4. The number of rotatable bonds is 0. The molecule has 0 N–H and O–H groups in total. The fourth-order valence-corrected chi connectivity index (χ4v) is 8.56. The Bertz CT molecular complexity index is 1570. The van der Waals surface area contributed by atoms with Gasteiger partial charge in [-0.25, -0.2) is 4.98 Å². The lowest BCUT2D eigenvalue weighted by Gasteiger charge is -2.64. The van der Waals surface area contributed by atoms with Crippen LogP contribution in [-0.4, -0.2) is 29.5 Å². The standard InChI is InChI=1S/C31H30N2O/c1-17-9-10-20-15-24-30(3)16-22-18(2)25-21-8-6-5-7-19(21)11-12-23(25)32-27(22)29-31(30,13-14-33(24)4)26(20)28(17)34-29/h5-12,24,29H,13-16H2,1-4H3/t24-,29-,30-,31-/m0/s1. The highest BCUT2D eigenvalue weighted by atomic mass is 16.5. The number of nitrogens with zero attached hydrogens (tertiary/aromatic N) is 2. The minimum Gasteiger partial charge on any atom is -0.483 e. The van der Waals surface area contributed by atoms with Crippen LogP contribution in [0.3, 0.4) is 0 Å². The third-order valence-electron chi connectivity index (χ3n) is 10.2. The molecule has 34 heavy (non-hydrogen) atoms. The third kappa shape index (κ3) is 1.96. The maximum atomic E-state index is 7.05. The van der Waals surface area contributed by atoms with Gasteiger partial charge in [0.05, 0.1) is 16.6 Å². The number of hydrogen-bond acceptors (Lipinski definition) is 3. The van der Waals surface area contributed by atoms with Crippen molar-refractivity contribution in [3.05, 3.63) is 82.0 Å². The quantitative estimate of drug-likeness (QED) is 0.301. The molecule has 4 aliphatic rings. The van der Waals surface area contributed by atoms with Gasteiger partial charge >= 0.3 is 0 Å². The number of likely N-dealkylation sites (N-methyl/N-ethyl adjacent to an activating group) is 1. The molecule has 2 bridgehead atoms. The largest absolute Gasteiger partial charge is 0.483 e. The van der Waals surface area contributed by atoms with Crippen molar-refractivity contribution in [2.24, 2.45) is 5.41 Å². The first kappa shape index (κ1) is 19.4. The van der Waals surface area contributed by atoms with Crippen molar-refractivity contribution in [2.45, 2.75) is 57.6 Å². The number of aromatic nitrogens is 1. The van der Waals surface area contributed by atoms with E-state index in [1.807, 2.05) is 0 Å². The van der Waals surface area contributed by atoms with Crippen molar-refractivity contribution < 1.29 is 4.74 Å². The Morgan fingerprint density at radius 3 is 2.79 bits per heavy atom. The van der Waals surface area contributed by atoms with E-state index in [0.717, 1.165) is 37.1 Å². The van der Waals surface area contributed by atoms with Crippen LogP contribution in [0.4, 0.5) is 0 Å². The van der Waals surface area contributed by atoms with E-state index in [2.05, 4.69) is 81.2 Å². The molecule has 3 nitrogen and oxygen atoms in total. The molecule has 1 spiro atoms. The summed E-state index contributed by atoms with van der Waals surface area (Å²) >= 11 is 0. The molecule has 0 amide bonds. The first-order valence-corrected chi connectivity index (χ1v) is 12.7. The molecule has 8 rings (SSSR count). The predicted octanol–water partition coefficient (Wildman–Crippen LogP) is 6.20. The van der Waals surface area contributed by atoms with Crippen molar-refractivity contribution >= 4 is 21.7 Å². The van der Waals surface area contributed by atoms with Crippen molar-refractivity contribution in [1.29, 1.82) is 0 Å². The van der Waals surface area contributed by atoms with E-state index >= 15 is 0 Å². The Hall–Kier alpha value is -2.91. The van der Waals surface area contributed by atoms with E-state index < -0.39 is 0 Å². The fourth-order valence-electron chi connectivity index (χ4n) is 8.56. The van der Waals surface area contributed by atoms with Gasteiger partial charge in [-0.3, -0.25) is 0 Å². The van der Waals surface area contributed by atoms with Gasteiger partial charge in [0.15, 0.2) is 6.10 Å². The van der Waals surface area contributed by atoms with Crippen LogP contribution >= 0.6 is 0 Å². The summed E-state index contributed by atoms with van der Waals surface area (Å²) < 4.78 is 7.05. The molecule has 3 heterocycles. The first-order chi connectivity index (χ1) is 16.4. The van der Waals surface area contributed by atoms with Crippen LogP contribution < -0.4 is 4.74 Å². The zero-order chi connectivity index (χ0) is 23.0. The minimum atomic E-state index is 0.00201. The lowest BCUT2D eigenvalue weighted by molar-refractivity contribution is -0.0910. The van der Waals surface area contributed by atoms with Crippen molar-refractivity contribution in [3.8, 4) is 5.75 Å². The summed E-state index contributed by atoms with van der Waals surface area (Å²) in [7, 11) is 2.34. The predicted molar refractivity (Wildman–Crippen MR) is 137 cm³/mol. The van der Waals surface area contributed by atoms with E-state index in [4.69, 9.17) is 9.72 Å². The molecule has 170 valence electrons. The molecule has 1 fully saturated rings. The van der Waals surface area contributed by atoms with Gasteiger partial charge in [0.1, 0.15) is 5.75 Å². The number of ether oxygens (including phenoxy) is 1. The van der Waals surface area contributed by atoms with Gasteiger partial charge in [-0.2, -0.15) is 0 Å². The van der Waals surface area contributed by atoms with Crippen LogP contribution in [0.25, 0.3) is 21.7 Å². The molecular weight excluding hydrogens is 416 g/mol. The zero-order valence-electron chi connectivity index (χ0n) is 20.4. The second kappa shape index (κ2) is 6.01. The van der Waals surface area contributed by atoms with Crippen LogP contribution in [0.5, 0.6) is 5.75 Å². The highest BCUT2D eigenvalue weighted by Crippen LogP contribution is 2.71. The number of aryl methyl sites for hydroxylation is 2. The van der Waals surface area contributed by atoms with Crippen LogP contribution in [-0.2, 0) is 18.3 Å². The number of hydrogen-bond donors (Lipinski definition) is 0. The van der Waals surface area contributed by atoms with Crippen molar-refractivity contribution in [3.63, 3.8) is 0 Å². The second-order valence-electron chi connectivity index (χ2n) is 11.5. The molecule has 3 aromatic carbocycles. The number of fused-ring (bicyclic) bond motifs is 5. The van der Waals surface area contributed by atoms with Crippen LogP contribution in [0.15, 0.2) is 48.5 Å².